The van der Waals surface area contributed by atoms with Gasteiger partial charge in [-0.1, -0.05) is 20.8 Å². The maximum absolute atomic E-state index is 11.1. The van der Waals surface area contributed by atoms with Crippen LogP contribution in [-0.2, 0) is 4.79 Å². The maximum atomic E-state index is 11.1. The van der Waals surface area contributed by atoms with E-state index in [-0.39, 0.29) is 5.41 Å². The number of carbonyl (C=O) groups is 1. The number of carbonyl (C=O) groups excluding carboxylic acids is 1. The maximum Gasteiger partial charge on any atom is 0.135 e. The molecule has 0 saturated heterocycles. The third kappa shape index (κ3) is 1.47. The van der Waals surface area contributed by atoms with E-state index in [1.807, 2.05) is 0 Å². The Morgan fingerprint density at radius 2 is 1.91 bits per heavy atom. The second-order valence-corrected chi connectivity index (χ2v) is 4.53. The van der Waals surface area contributed by atoms with Gasteiger partial charge in [0.15, 0.2) is 0 Å². The third-order valence-electron chi connectivity index (χ3n) is 3.22. The lowest BCUT2D eigenvalue weighted by Gasteiger charge is -2.45. The molecule has 1 fully saturated rings. The van der Waals surface area contributed by atoms with E-state index >= 15 is 0 Å². The van der Waals surface area contributed by atoms with Crippen molar-refractivity contribution >= 4 is 5.78 Å². The molecule has 1 nitrogen and oxygen atoms in total. The Balaban J connectivity index is 2.44. The van der Waals surface area contributed by atoms with Crippen molar-refractivity contribution in [2.24, 2.45) is 17.3 Å². The first kappa shape index (κ1) is 8.76. The topological polar surface area (TPSA) is 17.1 Å². The van der Waals surface area contributed by atoms with Crippen LogP contribution >= 0.6 is 0 Å². The summed E-state index contributed by atoms with van der Waals surface area (Å²) in [5.41, 5.74) is 0.0366. The average Bonchev–Trinajstić information content (AvgIpc) is 1.79. The zero-order valence-electron chi connectivity index (χ0n) is 7.98. The summed E-state index contributed by atoms with van der Waals surface area (Å²) in [6.07, 6.45) is 2.22. The van der Waals surface area contributed by atoms with Crippen LogP contribution in [0.15, 0.2) is 0 Å². The Morgan fingerprint density at radius 3 is 2.18 bits per heavy atom. The summed E-state index contributed by atoms with van der Waals surface area (Å²) in [7, 11) is 0. The smallest absolute Gasteiger partial charge is 0.135 e. The molecule has 1 aliphatic rings. The minimum absolute atomic E-state index is 0.0366. The van der Waals surface area contributed by atoms with Crippen LogP contribution in [0.1, 0.15) is 40.5 Å². The zero-order valence-corrected chi connectivity index (χ0v) is 7.98. The largest absolute Gasteiger partial charge is 0.299 e. The van der Waals surface area contributed by atoms with E-state index in [4.69, 9.17) is 0 Å². The molecule has 1 saturated carbocycles. The van der Waals surface area contributed by atoms with Gasteiger partial charge in [-0.3, -0.25) is 4.79 Å². The summed E-state index contributed by atoms with van der Waals surface area (Å²) in [6.45, 7) is 8.29. The van der Waals surface area contributed by atoms with Gasteiger partial charge in [0.1, 0.15) is 5.78 Å². The van der Waals surface area contributed by atoms with Crippen LogP contribution in [-0.4, -0.2) is 5.78 Å². The Labute approximate surface area is 69.2 Å². The molecule has 0 aromatic rings. The first-order valence-electron chi connectivity index (χ1n) is 4.47. The molecule has 0 aromatic carbocycles. The molecule has 64 valence electrons. The van der Waals surface area contributed by atoms with Crippen molar-refractivity contribution in [2.45, 2.75) is 40.5 Å². The van der Waals surface area contributed by atoms with Crippen molar-refractivity contribution in [1.29, 1.82) is 0 Å². The molecule has 0 aliphatic heterocycles. The summed E-state index contributed by atoms with van der Waals surface area (Å²) in [4.78, 5) is 11.1. The van der Waals surface area contributed by atoms with Crippen LogP contribution in [0.4, 0.5) is 0 Å². The molecular formula is C10H18O. The highest BCUT2D eigenvalue weighted by atomic mass is 16.1. The Morgan fingerprint density at radius 1 is 1.45 bits per heavy atom. The lowest BCUT2D eigenvalue weighted by Crippen LogP contribution is -2.42. The molecule has 0 spiro atoms. The Kier molecular flexibility index (Phi) is 2.08. The van der Waals surface area contributed by atoms with Gasteiger partial charge in [-0.15, -0.1) is 0 Å². The molecule has 0 unspecified atom stereocenters. The zero-order chi connectivity index (χ0) is 8.65. The molecule has 11 heavy (non-hydrogen) atoms. The molecule has 1 rings (SSSR count). The first-order valence-corrected chi connectivity index (χ1v) is 4.47. The highest BCUT2D eigenvalue weighted by Crippen LogP contribution is 2.48. The number of ketones is 1. The Bertz CT molecular complexity index is 164. The molecule has 0 heterocycles. The van der Waals surface area contributed by atoms with Gasteiger partial charge in [-0.25, -0.2) is 0 Å². The van der Waals surface area contributed by atoms with Crippen molar-refractivity contribution in [2.75, 3.05) is 0 Å². The average molecular weight is 154 g/mol. The van der Waals surface area contributed by atoms with Crippen LogP contribution in [0.25, 0.3) is 0 Å². The van der Waals surface area contributed by atoms with Crippen LogP contribution in [0.3, 0.4) is 0 Å². The van der Waals surface area contributed by atoms with E-state index in [0.29, 0.717) is 5.78 Å². The fourth-order valence-corrected chi connectivity index (χ4v) is 1.86. The second kappa shape index (κ2) is 2.62. The number of hydrogen-bond donors (Lipinski definition) is 0. The molecule has 0 N–H and O–H groups in total. The predicted molar refractivity (Wildman–Crippen MR) is 46.4 cm³/mol. The molecule has 1 heteroatoms. The fraction of sp³-hybridized carbons (Fsp3) is 0.900. The van der Waals surface area contributed by atoms with Gasteiger partial charge in [-0.2, -0.15) is 0 Å². The van der Waals surface area contributed by atoms with E-state index in [9.17, 15) is 4.79 Å². The summed E-state index contributed by atoms with van der Waals surface area (Å²) in [6, 6.07) is 0. The van der Waals surface area contributed by atoms with Gasteiger partial charge < -0.3 is 0 Å². The molecule has 1 aliphatic carbocycles. The summed E-state index contributed by atoms with van der Waals surface area (Å²) >= 11 is 0. The van der Waals surface area contributed by atoms with Gasteiger partial charge in [0, 0.05) is 5.41 Å². The number of rotatable bonds is 2. The standard InChI is InChI=1S/C10H18O/c1-7(2)9-5-10(4,6-9)8(3)11/h7,9H,5-6H2,1-4H3/t9-,10+. The first-order chi connectivity index (χ1) is 4.96. The monoisotopic (exact) mass is 154 g/mol. The number of hydrogen-bond acceptors (Lipinski definition) is 1. The van der Waals surface area contributed by atoms with Crippen molar-refractivity contribution in [1.82, 2.24) is 0 Å². The van der Waals surface area contributed by atoms with E-state index in [1.165, 1.54) is 0 Å². The van der Waals surface area contributed by atoms with E-state index in [0.717, 1.165) is 24.7 Å². The Hall–Kier alpha value is -0.330. The van der Waals surface area contributed by atoms with Gasteiger partial charge >= 0.3 is 0 Å². The third-order valence-corrected chi connectivity index (χ3v) is 3.22. The van der Waals surface area contributed by atoms with E-state index in [2.05, 4.69) is 20.8 Å². The highest BCUT2D eigenvalue weighted by Gasteiger charge is 2.44. The molecule has 0 bridgehead atoms. The van der Waals surface area contributed by atoms with Gasteiger partial charge in [0.25, 0.3) is 0 Å². The van der Waals surface area contributed by atoms with Gasteiger partial charge in [0.2, 0.25) is 0 Å². The van der Waals surface area contributed by atoms with Crippen LogP contribution in [0.2, 0.25) is 0 Å². The molecule has 0 radical (unpaired) electrons. The minimum atomic E-state index is 0.0366. The number of Topliss-reactive ketones (excluding diaryl/α,β-unsaturated/α-hetero) is 1. The van der Waals surface area contributed by atoms with Crippen molar-refractivity contribution in [3.63, 3.8) is 0 Å². The van der Waals surface area contributed by atoms with Crippen molar-refractivity contribution in [3.8, 4) is 0 Å². The lowest BCUT2D eigenvalue weighted by atomic mass is 9.58. The summed E-state index contributed by atoms with van der Waals surface area (Å²) < 4.78 is 0. The fourth-order valence-electron chi connectivity index (χ4n) is 1.86. The molecular weight excluding hydrogens is 136 g/mol. The molecule has 0 amide bonds. The van der Waals surface area contributed by atoms with Gasteiger partial charge in [-0.05, 0) is 31.6 Å². The lowest BCUT2D eigenvalue weighted by molar-refractivity contribution is -0.134. The summed E-state index contributed by atoms with van der Waals surface area (Å²) in [5.74, 6) is 1.92. The van der Waals surface area contributed by atoms with Gasteiger partial charge in [0.05, 0.1) is 0 Å². The van der Waals surface area contributed by atoms with E-state index < -0.39 is 0 Å². The minimum Gasteiger partial charge on any atom is -0.299 e. The molecule has 0 atom stereocenters. The van der Waals surface area contributed by atoms with Crippen LogP contribution in [0, 0.1) is 17.3 Å². The summed E-state index contributed by atoms with van der Waals surface area (Å²) in [5, 5.41) is 0. The normalized spacial score (nSPS) is 37.0. The quantitative estimate of drug-likeness (QED) is 0.597. The molecule has 0 aromatic heterocycles. The second-order valence-electron chi connectivity index (χ2n) is 4.53. The van der Waals surface area contributed by atoms with Crippen molar-refractivity contribution < 1.29 is 4.79 Å². The van der Waals surface area contributed by atoms with E-state index in [1.54, 1.807) is 6.92 Å². The predicted octanol–water partition coefficient (Wildman–Crippen LogP) is 2.65. The van der Waals surface area contributed by atoms with Crippen molar-refractivity contribution in [3.05, 3.63) is 0 Å². The SMILES string of the molecule is CC(=O)[C@]1(C)C[C@H](C(C)C)C1. The van der Waals surface area contributed by atoms with Crippen LogP contribution < -0.4 is 0 Å². The van der Waals surface area contributed by atoms with Crippen LogP contribution in [0.5, 0.6) is 0 Å². The highest BCUT2D eigenvalue weighted by molar-refractivity contribution is 5.82.